The van der Waals surface area contributed by atoms with E-state index in [1.165, 1.54) is 6.42 Å². The second kappa shape index (κ2) is 5.79. The number of likely N-dealkylation sites (tertiary alicyclic amines) is 1. The van der Waals surface area contributed by atoms with E-state index in [-0.39, 0.29) is 6.03 Å². The van der Waals surface area contributed by atoms with E-state index in [4.69, 9.17) is 0 Å². The molecule has 86 valence electrons. The van der Waals surface area contributed by atoms with Crippen LogP contribution in [0.5, 0.6) is 0 Å². The Balaban J connectivity index is 2.52. The van der Waals surface area contributed by atoms with E-state index in [0.29, 0.717) is 6.04 Å². The van der Waals surface area contributed by atoms with Crippen LogP contribution in [0.1, 0.15) is 46.5 Å². The Bertz CT molecular complexity index is 244. The zero-order valence-corrected chi connectivity index (χ0v) is 10.0. The molecule has 0 aromatic rings. The van der Waals surface area contributed by atoms with Crippen LogP contribution in [0.3, 0.4) is 0 Å². The molecular formula is C12H22N2O. The van der Waals surface area contributed by atoms with Crippen molar-refractivity contribution in [1.29, 1.82) is 0 Å². The van der Waals surface area contributed by atoms with Crippen molar-refractivity contribution in [2.24, 2.45) is 0 Å². The first-order chi connectivity index (χ1) is 7.15. The molecule has 1 aliphatic heterocycles. The average molecular weight is 210 g/mol. The lowest BCUT2D eigenvalue weighted by atomic mass is 10.0. The summed E-state index contributed by atoms with van der Waals surface area (Å²) in [4.78, 5) is 13.8. The van der Waals surface area contributed by atoms with E-state index in [1.54, 1.807) is 6.20 Å². The number of carbonyl (C=O) groups excluding carboxylic acids is 1. The van der Waals surface area contributed by atoms with Crippen LogP contribution < -0.4 is 5.32 Å². The molecule has 1 rings (SSSR count). The standard InChI is InChI=1S/C12H22N2O/c1-4-11-7-5-6-8-14(11)12(15)13-9-10(2)3/h9,11H,4-8H2,1-3H3,(H,13,15). The fourth-order valence-corrected chi connectivity index (χ4v) is 1.98. The van der Waals surface area contributed by atoms with Crippen molar-refractivity contribution in [3.05, 3.63) is 11.8 Å². The number of nitrogens with zero attached hydrogens (tertiary/aromatic N) is 1. The Hall–Kier alpha value is -0.990. The maximum absolute atomic E-state index is 11.8. The minimum atomic E-state index is 0.0581. The first kappa shape index (κ1) is 12.1. The number of allylic oxidation sites excluding steroid dienone is 1. The van der Waals surface area contributed by atoms with E-state index in [2.05, 4.69) is 12.2 Å². The van der Waals surface area contributed by atoms with Gasteiger partial charge in [-0.1, -0.05) is 12.5 Å². The molecular weight excluding hydrogens is 188 g/mol. The SMILES string of the molecule is CCC1CCCCN1C(=O)NC=C(C)C. The Morgan fingerprint density at radius 3 is 2.80 bits per heavy atom. The molecule has 1 aliphatic rings. The predicted molar refractivity (Wildman–Crippen MR) is 62.6 cm³/mol. The van der Waals surface area contributed by atoms with Crippen molar-refractivity contribution in [3.8, 4) is 0 Å². The molecule has 1 atom stereocenters. The van der Waals surface area contributed by atoms with Crippen LogP contribution in [-0.4, -0.2) is 23.5 Å². The summed E-state index contributed by atoms with van der Waals surface area (Å²) in [5.41, 5.74) is 1.12. The Kier molecular flexibility index (Phi) is 4.66. The van der Waals surface area contributed by atoms with Crippen LogP contribution in [0.25, 0.3) is 0 Å². The molecule has 1 saturated heterocycles. The number of carbonyl (C=O) groups is 1. The lowest BCUT2D eigenvalue weighted by Gasteiger charge is -2.34. The van der Waals surface area contributed by atoms with E-state index in [1.807, 2.05) is 18.7 Å². The quantitative estimate of drug-likeness (QED) is 0.746. The molecule has 1 fully saturated rings. The minimum Gasteiger partial charge on any atom is -0.322 e. The maximum Gasteiger partial charge on any atom is 0.321 e. The van der Waals surface area contributed by atoms with Crippen molar-refractivity contribution < 1.29 is 4.79 Å². The molecule has 3 nitrogen and oxygen atoms in total. The Labute approximate surface area is 92.5 Å². The Morgan fingerprint density at radius 1 is 1.47 bits per heavy atom. The highest BCUT2D eigenvalue weighted by Crippen LogP contribution is 2.19. The number of hydrogen-bond donors (Lipinski definition) is 1. The molecule has 0 bridgehead atoms. The Morgan fingerprint density at radius 2 is 2.20 bits per heavy atom. The van der Waals surface area contributed by atoms with Gasteiger partial charge in [-0.2, -0.15) is 0 Å². The zero-order chi connectivity index (χ0) is 11.3. The smallest absolute Gasteiger partial charge is 0.321 e. The highest BCUT2D eigenvalue weighted by atomic mass is 16.2. The fraction of sp³-hybridized carbons (Fsp3) is 0.750. The number of rotatable bonds is 2. The summed E-state index contributed by atoms with van der Waals surface area (Å²) in [7, 11) is 0. The number of hydrogen-bond acceptors (Lipinski definition) is 1. The number of amides is 2. The molecule has 0 aromatic carbocycles. The van der Waals surface area contributed by atoms with Crippen LogP contribution >= 0.6 is 0 Å². The van der Waals surface area contributed by atoms with E-state index >= 15 is 0 Å². The van der Waals surface area contributed by atoms with Crippen LogP contribution in [0, 0.1) is 0 Å². The van der Waals surface area contributed by atoms with Gasteiger partial charge in [0.2, 0.25) is 0 Å². The second-order valence-corrected chi connectivity index (χ2v) is 4.42. The molecule has 1 unspecified atom stereocenters. The van der Waals surface area contributed by atoms with Gasteiger partial charge in [0.05, 0.1) is 0 Å². The van der Waals surface area contributed by atoms with Gasteiger partial charge >= 0.3 is 6.03 Å². The lowest BCUT2D eigenvalue weighted by Crippen LogP contribution is -2.47. The zero-order valence-electron chi connectivity index (χ0n) is 10.0. The summed E-state index contributed by atoms with van der Waals surface area (Å²) in [5, 5.41) is 2.84. The summed E-state index contributed by atoms with van der Waals surface area (Å²) >= 11 is 0. The first-order valence-electron chi connectivity index (χ1n) is 5.85. The lowest BCUT2D eigenvalue weighted by molar-refractivity contribution is 0.152. The van der Waals surface area contributed by atoms with Gasteiger partial charge in [-0.05, 0) is 39.5 Å². The van der Waals surface area contributed by atoms with Crippen molar-refractivity contribution in [2.45, 2.75) is 52.5 Å². The van der Waals surface area contributed by atoms with E-state index in [0.717, 1.165) is 31.4 Å². The van der Waals surface area contributed by atoms with Crippen molar-refractivity contribution >= 4 is 6.03 Å². The monoisotopic (exact) mass is 210 g/mol. The van der Waals surface area contributed by atoms with Crippen LogP contribution in [-0.2, 0) is 0 Å². The van der Waals surface area contributed by atoms with Gasteiger partial charge in [0.25, 0.3) is 0 Å². The fourth-order valence-electron chi connectivity index (χ4n) is 1.98. The summed E-state index contributed by atoms with van der Waals surface area (Å²) in [5.74, 6) is 0. The van der Waals surface area contributed by atoms with Gasteiger partial charge in [-0.15, -0.1) is 0 Å². The van der Waals surface area contributed by atoms with Crippen LogP contribution in [0.4, 0.5) is 4.79 Å². The molecule has 0 saturated carbocycles. The molecule has 0 aromatic heterocycles. The van der Waals surface area contributed by atoms with Crippen LogP contribution in [0.15, 0.2) is 11.8 Å². The molecule has 2 amide bonds. The second-order valence-electron chi connectivity index (χ2n) is 4.42. The van der Waals surface area contributed by atoms with Gasteiger partial charge in [0.15, 0.2) is 0 Å². The third-order valence-corrected chi connectivity index (χ3v) is 2.84. The van der Waals surface area contributed by atoms with Crippen molar-refractivity contribution in [2.75, 3.05) is 6.54 Å². The number of nitrogens with one attached hydrogen (secondary N) is 1. The molecule has 0 radical (unpaired) electrons. The third kappa shape index (κ3) is 3.57. The summed E-state index contributed by atoms with van der Waals surface area (Å²) in [6.45, 7) is 7.01. The largest absolute Gasteiger partial charge is 0.322 e. The predicted octanol–water partition coefficient (Wildman–Crippen LogP) is 2.88. The molecule has 3 heteroatoms. The molecule has 0 aliphatic carbocycles. The van der Waals surface area contributed by atoms with Crippen molar-refractivity contribution in [3.63, 3.8) is 0 Å². The van der Waals surface area contributed by atoms with Gasteiger partial charge in [-0.25, -0.2) is 4.79 Å². The normalized spacial score (nSPS) is 21.0. The summed E-state index contributed by atoms with van der Waals surface area (Å²) in [6.07, 6.45) is 6.38. The highest BCUT2D eigenvalue weighted by Gasteiger charge is 2.24. The molecule has 0 spiro atoms. The molecule has 1 heterocycles. The highest BCUT2D eigenvalue weighted by molar-refractivity contribution is 5.75. The number of urea groups is 1. The van der Waals surface area contributed by atoms with Gasteiger partial charge in [-0.3, -0.25) is 0 Å². The van der Waals surface area contributed by atoms with Crippen molar-refractivity contribution in [1.82, 2.24) is 10.2 Å². The summed E-state index contributed by atoms with van der Waals surface area (Å²) < 4.78 is 0. The molecule has 15 heavy (non-hydrogen) atoms. The topological polar surface area (TPSA) is 32.3 Å². The van der Waals surface area contributed by atoms with Crippen LogP contribution in [0.2, 0.25) is 0 Å². The molecule has 1 N–H and O–H groups in total. The maximum atomic E-state index is 11.8. The minimum absolute atomic E-state index is 0.0581. The number of piperidine rings is 1. The third-order valence-electron chi connectivity index (χ3n) is 2.84. The van der Waals surface area contributed by atoms with E-state index < -0.39 is 0 Å². The van der Waals surface area contributed by atoms with Gasteiger partial charge in [0.1, 0.15) is 0 Å². The van der Waals surface area contributed by atoms with Gasteiger partial charge < -0.3 is 10.2 Å². The first-order valence-corrected chi connectivity index (χ1v) is 5.85. The summed E-state index contributed by atoms with van der Waals surface area (Å²) in [6, 6.07) is 0.493. The average Bonchev–Trinajstić information content (AvgIpc) is 2.25. The van der Waals surface area contributed by atoms with Gasteiger partial charge in [0, 0.05) is 18.8 Å². The van der Waals surface area contributed by atoms with E-state index in [9.17, 15) is 4.79 Å².